The summed E-state index contributed by atoms with van der Waals surface area (Å²) < 4.78 is 0. The molecule has 3 heteroatoms. The number of aromatic nitrogens is 1. The van der Waals surface area contributed by atoms with Crippen LogP contribution in [0.1, 0.15) is 36.4 Å². The number of nitrogens with zero attached hydrogens (tertiary/aromatic N) is 1. The normalized spacial score (nSPS) is 18.2. The van der Waals surface area contributed by atoms with Crippen molar-refractivity contribution in [1.29, 1.82) is 0 Å². The molecule has 0 bridgehead atoms. The van der Waals surface area contributed by atoms with E-state index in [2.05, 4.69) is 35.7 Å². The maximum Gasteiger partial charge on any atom is 0.0946 e. The first-order valence-electron chi connectivity index (χ1n) is 6.07. The van der Waals surface area contributed by atoms with Crippen LogP contribution in [0.15, 0.2) is 17.0 Å². The molecular weight excluding hydrogens is 216 g/mol. The molecule has 88 valence electrons. The molecule has 0 radical (unpaired) electrons. The van der Waals surface area contributed by atoms with Gasteiger partial charge >= 0.3 is 0 Å². The van der Waals surface area contributed by atoms with Crippen LogP contribution < -0.4 is 5.32 Å². The van der Waals surface area contributed by atoms with E-state index in [1.54, 1.807) is 16.9 Å². The molecule has 2 nitrogen and oxygen atoms in total. The first-order valence-corrected chi connectivity index (χ1v) is 6.94. The second-order valence-corrected chi connectivity index (χ2v) is 5.40. The lowest BCUT2D eigenvalue weighted by molar-refractivity contribution is 0.568. The standard InChI is InChI=1S/C13H20N2S/c1-10-9-16-13(15-10)8-12(14-2)11-6-4-3-5-7-11/h6,9,12,14H,3-5,7-8H2,1-2H3. The predicted molar refractivity (Wildman–Crippen MR) is 70.0 cm³/mol. The first-order chi connectivity index (χ1) is 7.79. The molecule has 0 spiro atoms. The minimum atomic E-state index is 0.492. The summed E-state index contributed by atoms with van der Waals surface area (Å²) in [6.07, 6.45) is 8.68. The minimum Gasteiger partial charge on any atom is -0.313 e. The summed E-state index contributed by atoms with van der Waals surface area (Å²) in [6.45, 7) is 2.06. The monoisotopic (exact) mass is 236 g/mol. The zero-order chi connectivity index (χ0) is 11.4. The molecule has 1 aromatic heterocycles. The summed E-state index contributed by atoms with van der Waals surface area (Å²) in [4.78, 5) is 4.54. The van der Waals surface area contributed by atoms with Crippen LogP contribution in [-0.4, -0.2) is 18.1 Å². The summed E-state index contributed by atoms with van der Waals surface area (Å²) >= 11 is 1.78. The Kier molecular flexibility index (Phi) is 4.13. The number of nitrogens with one attached hydrogen (secondary N) is 1. The van der Waals surface area contributed by atoms with Gasteiger partial charge in [-0.3, -0.25) is 0 Å². The zero-order valence-electron chi connectivity index (χ0n) is 10.1. The second kappa shape index (κ2) is 5.60. The Balaban J connectivity index is 2.02. The fourth-order valence-electron chi connectivity index (χ4n) is 2.27. The third-order valence-corrected chi connectivity index (χ3v) is 4.16. The predicted octanol–water partition coefficient (Wildman–Crippen LogP) is 3.08. The molecule has 0 aromatic carbocycles. The van der Waals surface area contributed by atoms with Crippen molar-refractivity contribution in [1.82, 2.24) is 10.3 Å². The first kappa shape index (κ1) is 11.8. The van der Waals surface area contributed by atoms with Gasteiger partial charge in [-0.05, 0) is 39.7 Å². The van der Waals surface area contributed by atoms with Gasteiger partial charge in [0.1, 0.15) is 0 Å². The lowest BCUT2D eigenvalue weighted by atomic mass is 9.92. The van der Waals surface area contributed by atoms with Gasteiger partial charge in [-0.15, -0.1) is 11.3 Å². The van der Waals surface area contributed by atoms with Gasteiger partial charge in [0.15, 0.2) is 0 Å². The third kappa shape index (κ3) is 2.92. The average Bonchev–Trinajstić information content (AvgIpc) is 2.73. The molecule has 1 aromatic rings. The van der Waals surface area contributed by atoms with Gasteiger partial charge in [-0.2, -0.15) is 0 Å². The van der Waals surface area contributed by atoms with E-state index in [0.717, 1.165) is 12.1 Å². The van der Waals surface area contributed by atoms with Gasteiger partial charge in [0.05, 0.1) is 5.01 Å². The van der Waals surface area contributed by atoms with Crippen LogP contribution in [0.5, 0.6) is 0 Å². The van der Waals surface area contributed by atoms with Crippen LogP contribution in [0.3, 0.4) is 0 Å². The Morgan fingerprint density at radius 1 is 1.50 bits per heavy atom. The summed E-state index contributed by atoms with van der Waals surface area (Å²) in [5, 5.41) is 6.82. The molecule has 0 saturated carbocycles. The Hall–Kier alpha value is -0.670. The highest BCUT2D eigenvalue weighted by molar-refractivity contribution is 7.09. The molecule has 2 rings (SSSR count). The zero-order valence-corrected chi connectivity index (χ0v) is 10.9. The lowest BCUT2D eigenvalue weighted by Crippen LogP contribution is -2.30. The van der Waals surface area contributed by atoms with Crippen molar-refractivity contribution in [3.8, 4) is 0 Å². The van der Waals surface area contributed by atoms with Crippen molar-refractivity contribution in [2.75, 3.05) is 7.05 Å². The minimum absolute atomic E-state index is 0.492. The highest BCUT2D eigenvalue weighted by Crippen LogP contribution is 2.23. The van der Waals surface area contributed by atoms with Gasteiger partial charge in [0, 0.05) is 23.5 Å². The molecular formula is C13H20N2S. The van der Waals surface area contributed by atoms with Crippen LogP contribution in [0.2, 0.25) is 0 Å². The van der Waals surface area contributed by atoms with Crippen LogP contribution in [-0.2, 0) is 6.42 Å². The highest BCUT2D eigenvalue weighted by Gasteiger charge is 2.16. The van der Waals surface area contributed by atoms with Gasteiger partial charge in [0.2, 0.25) is 0 Å². The molecule has 1 heterocycles. The van der Waals surface area contributed by atoms with Gasteiger partial charge in [-0.1, -0.05) is 11.6 Å². The summed E-state index contributed by atoms with van der Waals surface area (Å²) in [6, 6.07) is 0.492. The van der Waals surface area contributed by atoms with Crippen LogP contribution >= 0.6 is 11.3 Å². The van der Waals surface area contributed by atoms with Crippen molar-refractivity contribution in [3.63, 3.8) is 0 Å². The molecule has 1 aliphatic carbocycles. The molecule has 0 aliphatic heterocycles. The number of thiazole rings is 1. The largest absolute Gasteiger partial charge is 0.313 e. The van der Waals surface area contributed by atoms with Crippen LogP contribution in [0.25, 0.3) is 0 Å². The third-order valence-electron chi connectivity index (χ3n) is 3.17. The van der Waals surface area contributed by atoms with E-state index in [0.29, 0.717) is 6.04 Å². The Bertz CT molecular complexity index is 368. The molecule has 0 saturated heterocycles. The van der Waals surface area contributed by atoms with E-state index in [1.807, 2.05) is 0 Å². The Morgan fingerprint density at radius 3 is 2.94 bits per heavy atom. The highest BCUT2D eigenvalue weighted by atomic mass is 32.1. The van der Waals surface area contributed by atoms with Crippen LogP contribution in [0, 0.1) is 6.92 Å². The van der Waals surface area contributed by atoms with Gasteiger partial charge in [-0.25, -0.2) is 4.98 Å². The van der Waals surface area contributed by atoms with Gasteiger partial charge < -0.3 is 5.32 Å². The molecule has 0 amide bonds. The van der Waals surface area contributed by atoms with E-state index < -0.39 is 0 Å². The maximum absolute atomic E-state index is 4.54. The molecule has 0 fully saturated rings. The van der Waals surface area contributed by atoms with Crippen molar-refractivity contribution in [2.24, 2.45) is 0 Å². The van der Waals surface area contributed by atoms with Crippen molar-refractivity contribution < 1.29 is 0 Å². The maximum atomic E-state index is 4.54. The number of rotatable bonds is 4. The van der Waals surface area contributed by atoms with Crippen molar-refractivity contribution in [3.05, 3.63) is 27.7 Å². The number of allylic oxidation sites excluding steroid dienone is 1. The topological polar surface area (TPSA) is 24.9 Å². The molecule has 1 atom stereocenters. The number of hydrogen-bond acceptors (Lipinski definition) is 3. The molecule has 1 aliphatic rings. The summed E-state index contributed by atoms with van der Waals surface area (Å²) in [7, 11) is 2.06. The van der Waals surface area contributed by atoms with Gasteiger partial charge in [0.25, 0.3) is 0 Å². The quantitative estimate of drug-likeness (QED) is 0.813. The summed E-state index contributed by atoms with van der Waals surface area (Å²) in [5.74, 6) is 0. The molecule has 1 N–H and O–H groups in total. The summed E-state index contributed by atoms with van der Waals surface area (Å²) in [5.41, 5.74) is 2.73. The Morgan fingerprint density at radius 2 is 2.38 bits per heavy atom. The fourth-order valence-corrected chi connectivity index (χ4v) is 3.09. The number of likely N-dealkylation sites (N-methyl/N-ethyl adjacent to an activating group) is 1. The van der Waals surface area contributed by atoms with Crippen molar-refractivity contribution >= 4 is 11.3 Å². The Labute approximate surface area is 102 Å². The molecule has 16 heavy (non-hydrogen) atoms. The SMILES string of the molecule is CNC(Cc1nc(C)cs1)C1=CCCCC1. The van der Waals surface area contributed by atoms with E-state index in [4.69, 9.17) is 0 Å². The van der Waals surface area contributed by atoms with E-state index >= 15 is 0 Å². The van der Waals surface area contributed by atoms with E-state index in [9.17, 15) is 0 Å². The van der Waals surface area contributed by atoms with E-state index in [-0.39, 0.29) is 0 Å². The van der Waals surface area contributed by atoms with E-state index in [1.165, 1.54) is 30.7 Å². The van der Waals surface area contributed by atoms with Crippen molar-refractivity contribution in [2.45, 2.75) is 45.1 Å². The van der Waals surface area contributed by atoms with Crippen LogP contribution in [0.4, 0.5) is 0 Å². The molecule has 1 unspecified atom stereocenters. The smallest absolute Gasteiger partial charge is 0.0946 e. The number of hydrogen-bond donors (Lipinski definition) is 1. The average molecular weight is 236 g/mol. The number of aryl methyl sites for hydroxylation is 1. The second-order valence-electron chi connectivity index (χ2n) is 4.45. The fraction of sp³-hybridized carbons (Fsp3) is 0.615. The lowest BCUT2D eigenvalue weighted by Gasteiger charge is -2.22.